The molecule has 23 heavy (non-hydrogen) atoms. The first-order valence-corrected chi connectivity index (χ1v) is 7.11. The van der Waals surface area contributed by atoms with Gasteiger partial charge in [-0.15, -0.1) is 0 Å². The Hall–Kier alpha value is -3.02. The number of hydrogen-bond acceptors (Lipinski definition) is 3. The van der Waals surface area contributed by atoms with Crippen LogP contribution in [0.2, 0.25) is 0 Å². The number of nitrogens with one attached hydrogen (secondary N) is 2. The number of ether oxygens (including phenoxy) is 1. The normalized spacial score (nSPS) is 10.0. The summed E-state index contributed by atoms with van der Waals surface area (Å²) in [6.07, 6.45) is 0. The van der Waals surface area contributed by atoms with Crippen molar-refractivity contribution >= 4 is 17.6 Å². The lowest BCUT2D eigenvalue weighted by molar-refractivity contribution is 0.100. The predicted octanol–water partition coefficient (Wildman–Crippen LogP) is 2.56. The minimum atomic E-state index is -0.604. The Morgan fingerprint density at radius 3 is 2.57 bits per heavy atom. The maximum absolute atomic E-state index is 11.9. The second-order valence-electron chi connectivity index (χ2n) is 5.10. The van der Waals surface area contributed by atoms with Crippen molar-refractivity contribution in [3.8, 4) is 5.75 Å². The summed E-state index contributed by atoms with van der Waals surface area (Å²) < 4.78 is 5.51. The largest absolute Gasteiger partial charge is 0.473 e. The van der Waals surface area contributed by atoms with Crippen LogP contribution in [0.1, 0.15) is 21.5 Å². The number of amides is 3. The molecule has 0 spiro atoms. The highest BCUT2D eigenvalue weighted by Crippen LogP contribution is 2.18. The van der Waals surface area contributed by atoms with Gasteiger partial charge in [-0.25, -0.2) is 4.79 Å². The fraction of sp³-hybridized carbons (Fsp3) is 0.176. The number of anilines is 1. The van der Waals surface area contributed by atoms with Gasteiger partial charge in [0.05, 0.1) is 11.3 Å². The molecule has 0 atom stereocenters. The summed E-state index contributed by atoms with van der Waals surface area (Å²) in [4.78, 5) is 23.2. The van der Waals surface area contributed by atoms with Gasteiger partial charge in [0.25, 0.3) is 5.91 Å². The molecule has 2 aromatic carbocycles. The fourth-order valence-corrected chi connectivity index (χ4v) is 2.11. The van der Waals surface area contributed by atoms with Crippen molar-refractivity contribution in [1.29, 1.82) is 0 Å². The number of urea groups is 1. The Balaban J connectivity index is 1.90. The van der Waals surface area contributed by atoms with E-state index in [9.17, 15) is 9.59 Å². The molecule has 4 N–H and O–H groups in total. The molecule has 0 aliphatic heterocycles. The number of aryl methyl sites for hydroxylation is 2. The maximum atomic E-state index is 11.9. The molecule has 120 valence electrons. The Labute approximate surface area is 134 Å². The van der Waals surface area contributed by atoms with E-state index in [1.807, 2.05) is 32.0 Å². The monoisotopic (exact) mass is 313 g/mol. The van der Waals surface area contributed by atoms with Crippen molar-refractivity contribution in [2.45, 2.75) is 13.8 Å². The highest BCUT2D eigenvalue weighted by Gasteiger charge is 2.10. The first kappa shape index (κ1) is 16.4. The Morgan fingerprint density at radius 1 is 1.13 bits per heavy atom. The van der Waals surface area contributed by atoms with Crippen molar-refractivity contribution in [2.75, 3.05) is 12.0 Å². The summed E-state index contributed by atoms with van der Waals surface area (Å²) in [5.74, 6) is 0.0980. The molecule has 2 aromatic rings. The molecule has 0 bridgehead atoms. The van der Waals surface area contributed by atoms with Gasteiger partial charge in [-0.1, -0.05) is 29.8 Å². The molecule has 0 heterocycles. The van der Waals surface area contributed by atoms with Crippen LogP contribution in [0.3, 0.4) is 0 Å². The van der Waals surface area contributed by atoms with Gasteiger partial charge in [-0.3, -0.25) is 4.79 Å². The molecule has 0 radical (unpaired) electrons. The Bertz CT molecular complexity index is 729. The van der Waals surface area contributed by atoms with Crippen LogP contribution in [-0.2, 0) is 0 Å². The summed E-state index contributed by atoms with van der Waals surface area (Å²) >= 11 is 0. The molecule has 3 amide bonds. The molecule has 6 heteroatoms. The molecule has 0 saturated heterocycles. The van der Waals surface area contributed by atoms with Crippen LogP contribution in [0.15, 0.2) is 42.5 Å². The van der Waals surface area contributed by atoms with Gasteiger partial charge in [0, 0.05) is 0 Å². The van der Waals surface area contributed by atoms with E-state index < -0.39 is 11.9 Å². The molecule has 0 aliphatic carbocycles. The summed E-state index contributed by atoms with van der Waals surface area (Å²) in [5, 5.41) is 5.13. The molecule has 0 fully saturated rings. The van der Waals surface area contributed by atoms with E-state index in [0.29, 0.717) is 11.4 Å². The number of carbonyl (C=O) groups excluding carboxylic acids is 2. The first-order chi connectivity index (χ1) is 11.0. The molecule has 2 rings (SSSR count). The summed E-state index contributed by atoms with van der Waals surface area (Å²) in [7, 11) is 0. The first-order valence-electron chi connectivity index (χ1n) is 7.11. The lowest BCUT2D eigenvalue weighted by Gasteiger charge is -2.12. The average Bonchev–Trinajstić information content (AvgIpc) is 2.50. The van der Waals surface area contributed by atoms with Gasteiger partial charge in [0.1, 0.15) is 5.75 Å². The van der Waals surface area contributed by atoms with E-state index in [-0.39, 0.29) is 12.3 Å². The van der Waals surface area contributed by atoms with Crippen molar-refractivity contribution in [2.24, 2.45) is 5.73 Å². The van der Waals surface area contributed by atoms with Crippen molar-refractivity contribution in [3.63, 3.8) is 0 Å². The number of primary amides is 1. The van der Waals surface area contributed by atoms with E-state index in [0.717, 1.165) is 11.1 Å². The molecule has 0 aromatic heterocycles. The number of rotatable bonds is 5. The minimum Gasteiger partial charge on any atom is -0.473 e. The van der Waals surface area contributed by atoms with Crippen molar-refractivity contribution < 1.29 is 14.3 Å². The van der Waals surface area contributed by atoms with Gasteiger partial charge < -0.3 is 21.1 Å². The summed E-state index contributed by atoms with van der Waals surface area (Å²) in [6.45, 7) is 3.94. The van der Waals surface area contributed by atoms with Crippen LogP contribution < -0.4 is 21.1 Å². The van der Waals surface area contributed by atoms with Gasteiger partial charge in [-0.05, 0) is 37.6 Å². The van der Waals surface area contributed by atoms with E-state index in [1.54, 1.807) is 24.3 Å². The molecular weight excluding hydrogens is 294 g/mol. The van der Waals surface area contributed by atoms with E-state index in [4.69, 9.17) is 10.5 Å². The van der Waals surface area contributed by atoms with Crippen LogP contribution >= 0.6 is 0 Å². The summed E-state index contributed by atoms with van der Waals surface area (Å²) in [5.41, 5.74) is 7.99. The SMILES string of the molecule is Cc1ccc(OCNC(=O)Nc2ccccc2C(N)=O)c(C)c1. The smallest absolute Gasteiger partial charge is 0.321 e. The third-order valence-electron chi connectivity index (χ3n) is 3.23. The van der Waals surface area contributed by atoms with Gasteiger partial charge in [0.2, 0.25) is 0 Å². The van der Waals surface area contributed by atoms with E-state index in [2.05, 4.69) is 10.6 Å². The Kier molecular flexibility index (Phi) is 5.19. The quantitative estimate of drug-likeness (QED) is 0.741. The van der Waals surface area contributed by atoms with Crippen LogP contribution in [0.5, 0.6) is 5.75 Å². The number of para-hydroxylation sites is 1. The third-order valence-corrected chi connectivity index (χ3v) is 3.23. The zero-order valence-electron chi connectivity index (χ0n) is 13.1. The highest BCUT2D eigenvalue weighted by atomic mass is 16.5. The van der Waals surface area contributed by atoms with Crippen LogP contribution in [0.4, 0.5) is 10.5 Å². The van der Waals surface area contributed by atoms with Crippen LogP contribution in [-0.4, -0.2) is 18.7 Å². The highest BCUT2D eigenvalue weighted by molar-refractivity contribution is 6.02. The second-order valence-corrected chi connectivity index (χ2v) is 5.10. The number of hydrogen-bond donors (Lipinski definition) is 3. The maximum Gasteiger partial charge on any atom is 0.321 e. The number of nitrogens with two attached hydrogens (primary N) is 1. The van der Waals surface area contributed by atoms with Gasteiger partial charge in [0.15, 0.2) is 6.73 Å². The van der Waals surface area contributed by atoms with Crippen LogP contribution in [0.25, 0.3) is 0 Å². The number of benzene rings is 2. The Morgan fingerprint density at radius 2 is 1.87 bits per heavy atom. The lowest BCUT2D eigenvalue weighted by atomic mass is 10.1. The topological polar surface area (TPSA) is 93.4 Å². The zero-order valence-corrected chi connectivity index (χ0v) is 13.1. The van der Waals surface area contributed by atoms with E-state index in [1.165, 1.54) is 0 Å². The average molecular weight is 313 g/mol. The van der Waals surface area contributed by atoms with E-state index >= 15 is 0 Å². The zero-order chi connectivity index (χ0) is 16.8. The predicted molar refractivity (Wildman–Crippen MR) is 88.5 cm³/mol. The standard InChI is InChI=1S/C17H19N3O3/c1-11-7-8-15(12(2)9-11)23-10-19-17(22)20-14-6-4-3-5-13(14)16(18)21/h3-9H,10H2,1-2H3,(H2,18,21)(H2,19,20,22). The van der Waals surface area contributed by atoms with Gasteiger partial charge >= 0.3 is 6.03 Å². The third kappa shape index (κ3) is 4.47. The fourth-order valence-electron chi connectivity index (χ4n) is 2.11. The molecule has 0 unspecified atom stereocenters. The molecule has 0 aliphatic rings. The molecular formula is C17H19N3O3. The van der Waals surface area contributed by atoms with Crippen molar-refractivity contribution in [1.82, 2.24) is 5.32 Å². The number of carbonyl (C=O) groups is 2. The summed E-state index contributed by atoms with van der Waals surface area (Å²) in [6, 6.07) is 11.8. The van der Waals surface area contributed by atoms with Crippen LogP contribution in [0, 0.1) is 13.8 Å². The second kappa shape index (κ2) is 7.31. The van der Waals surface area contributed by atoms with Gasteiger partial charge in [-0.2, -0.15) is 0 Å². The lowest BCUT2D eigenvalue weighted by Crippen LogP contribution is -2.32. The molecule has 0 saturated carbocycles. The minimum absolute atomic E-state index is 0.00841. The molecule has 6 nitrogen and oxygen atoms in total. The van der Waals surface area contributed by atoms with Crippen molar-refractivity contribution in [3.05, 3.63) is 59.2 Å².